The van der Waals surface area contributed by atoms with Crippen molar-refractivity contribution in [1.29, 1.82) is 0 Å². The fourth-order valence-electron chi connectivity index (χ4n) is 9.70. The van der Waals surface area contributed by atoms with Crippen molar-refractivity contribution < 1.29 is 0 Å². The number of fused-ring (bicyclic) bond motifs is 7. The van der Waals surface area contributed by atoms with Crippen LogP contribution in [0, 0.1) is 0 Å². The normalized spacial score (nSPS) is 11.8. The van der Waals surface area contributed by atoms with Crippen LogP contribution in [0.2, 0.25) is 0 Å². The van der Waals surface area contributed by atoms with E-state index in [-0.39, 0.29) is 0 Å². The molecule has 62 heavy (non-hydrogen) atoms. The summed E-state index contributed by atoms with van der Waals surface area (Å²) in [6.45, 7) is 0. The molecule has 2 heteroatoms. The van der Waals surface area contributed by atoms with Crippen molar-refractivity contribution in [2.24, 2.45) is 0 Å². The Hall–Kier alpha value is -8.20. The van der Waals surface area contributed by atoms with Crippen molar-refractivity contribution in [3.63, 3.8) is 0 Å². The maximum atomic E-state index is 2.42. The predicted molar refractivity (Wildman–Crippen MR) is 262 cm³/mol. The molecule has 290 valence electrons. The SMILES string of the molecule is c1ccc(C(=C2c3ccccc3-c3ccc(N(c4ccc(-c5ccc6c(c5)c5ccccc5n6-c5ccccc5)cc4)c4ccc5ccccc5c4)cc32)c2ccccc2)cc1. The van der Waals surface area contributed by atoms with E-state index in [2.05, 4.69) is 252 Å². The minimum atomic E-state index is 1.10. The molecule has 0 radical (unpaired) electrons. The van der Waals surface area contributed by atoms with Crippen LogP contribution in [0.25, 0.3) is 71.7 Å². The first-order valence-corrected chi connectivity index (χ1v) is 21.3. The van der Waals surface area contributed by atoms with Gasteiger partial charge in [0.2, 0.25) is 0 Å². The molecule has 0 fully saturated rings. The Morgan fingerprint density at radius 1 is 0.323 bits per heavy atom. The molecule has 0 unspecified atom stereocenters. The van der Waals surface area contributed by atoms with Gasteiger partial charge in [0.1, 0.15) is 0 Å². The third kappa shape index (κ3) is 5.96. The van der Waals surface area contributed by atoms with Gasteiger partial charge in [0, 0.05) is 33.5 Å². The van der Waals surface area contributed by atoms with Gasteiger partial charge in [-0.2, -0.15) is 0 Å². The van der Waals surface area contributed by atoms with Gasteiger partial charge in [0.05, 0.1) is 11.0 Å². The number of para-hydroxylation sites is 2. The van der Waals surface area contributed by atoms with Crippen molar-refractivity contribution in [3.8, 4) is 27.9 Å². The molecule has 2 nitrogen and oxygen atoms in total. The van der Waals surface area contributed by atoms with Gasteiger partial charge in [-0.3, -0.25) is 0 Å². The summed E-state index contributed by atoms with van der Waals surface area (Å²) < 4.78 is 2.37. The summed E-state index contributed by atoms with van der Waals surface area (Å²) in [5, 5.41) is 4.93. The van der Waals surface area contributed by atoms with Crippen LogP contribution < -0.4 is 4.90 Å². The van der Waals surface area contributed by atoms with E-state index in [1.807, 2.05) is 0 Å². The number of hydrogen-bond acceptors (Lipinski definition) is 1. The van der Waals surface area contributed by atoms with E-state index >= 15 is 0 Å². The molecule has 0 saturated heterocycles. The zero-order valence-corrected chi connectivity index (χ0v) is 34.0. The van der Waals surface area contributed by atoms with Crippen LogP contribution in [-0.4, -0.2) is 4.57 Å². The summed E-state index contributed by atoms with van der Waals surface area (Å²) in [6.07, 6.45) is 0. The first kappa shape index (κ1) is 35.7. The lowest BCUT2D eigenvalue weighted by Gasteiger charge is -2.27. The molecule has 0 atom stereocenters. The molecule has 0 bridgehead atoms. The number of aromatic nitrogens is 1. The number of hydrogen-bond donors (Lipinski definition) is 0. The van der Waals surface area contributed by atoms with Gasteiger partial charge >= 0.3 is 0 Å². The maximum Gasteiger partial charge on any atom is 0.0541 e. The Morgan fingerprint density at radius 3 is 1.63 bits per heavy atom. The van der Waals surface area contributed by atoms with Crippen molar-refractivity contribution in [1.82, 2.24) is 4.57 Å². The van der Waals surface area contributed by atoms with Crippen LogP contribution >= 0.6 is 0 Å². The lowest BCUT2D eigenvalue weighted by Crippen LogP contribution is -2.10. The first-order chi connectivity index (χ1) is 30.8. The smallest absolute Gasteiger partial charge is 0.0541 e. The van der Waals surface area contributed by atoms with Crippen LogP contribution in [0.15, 0.2) is 243 Å². The molecule has 0 amide bonds. The zero-order chi connectivity index (χ0) is 41.0. The molecule has 1 aliphatic rings. The molecule has 0 saturated carbocycles. The molecular weight excluding hydrogens is 749 g/mol. The third-order valence-corrected chi connectivity index (χ3v) is 12.5. The fraction of sp³-hybridized carbons (Fsp3) is 0. The van der Waals surface area contributed by atoms with Gasteiger partial charge in [-0.05, 0) is 133 Å². The molecule has 11 aromatic rings. The largest absolute Gasteiger partial charge is 0.310 e. The summed E-state index contributed by atoms with van der Waals surface area (Å²) >= 11 is 0. The number of benzene rings is 10. The average molecular weight is 789 g/mol. The van der Waals surface area contributed by atoms with Crippen molar-refractivity contribution >= 4 is 60.8 Å². The van der Waals surface area contributed by atoms with E-state index in [1.165, 1.54) is 93.9 Å². The van der Waals surface area contributed by atoms with E-state index in [1.54, 1.807) is 0 Å². The molecular formula is C60H40N2. The second-order valence-corrected chi connectivity index (χ2v) is 16.1. The monoisotopic (exact) mass is 788 g/mol. The van der Waals surface area contributed by atoms with Gasteiger partial charge in [-0.15, -0.1) is 0 Å². The highest BCUT2D eigenvalue weighted by molar-refractivity contribution is 6.14. The Bertz CT molecular complexity index is 3450. The Morgan fingerprint density at radius 2 is 0.871 bits per heavy atom. The zero-order valence-electron chi connectivity index (χ0n) is 34.0. The molecule has 1 heterocycles. The standard InChI is InChI=1S/C60H40N2/c1-4-17-43(18-5-1)59(44-19-6-2-7-20-44)60-54-26-13-12-24-51(54)52-36-35-50(40-56(52)60)61(49-34-30-41-16-10-11-21-45(41)38-49)48-32-28-42(29-33-48)46-31-37-58-55(39-46)53-25-14-15-27-57(53)62(58)47-22-8-3-9-23-47/h1-40H. The first-order valence-electron chi connectivity index (χ1n) is 21.3. The maximum absolute atomic E-state index is 2.42. The number of anilines is 3. The summed E-state index contributed by atoms with van der Waals surface area (Å²) in [5.41, 5.74) is 19.2. The minimum absolute atomic E-state index is 1.10. The molecule has 10 aromatic carbocycles. The quantitative estimate of drug-likeness (QED) is 0.156. The highest BCUT2D eigenvalue weighted by Crippen LogP contribution is 2.51. The average Bonchev–Trinajstić information content (AvgIpc) is 3.85. The lowest BCUT2D eigenvalue weighted by atomic mass is 9.88. The topological polar surface area (TPSA) is 8.17 Å². The van der Waals surface area contributed by atoms with Crippen molar-refractivity contribution in [3.05, 3.63) is 265 Å². The van der Waals surface area contributed by atoms with E-state index in [9.17, 15) is 0 Å². The van der Waals surface area contributed by atoms with Gasteiger partial charge in [0.15, 0.2) is 0 Å². The van der Waals surface area contributed by atoms with Crippen LogP contribution in [-0.2, 0) is 0 Å². The number of rotatable bonds is 7. The fourth-order valence-corrected chi connectivity index (χ4v) is 9.70. The van der Waals surface area contributed by atoms with Crippen LogP contribution in [0.5, 0.6) is 0 Å². The number of nitrogens with zero attached hydrogens (tertiary/aromatic N) is 2. The Kier molecular flexibility index (Phi) is 8.53. The molecule has 1 aromatic heterocycles. The van der Waals surface area contributed by atoms with E-state index in [0.29, 0.717) is 0 Å². The van der Waals surface area contributed by atoms with Gasteiger partial charge in [-0.25, -0.2) is 0 Å². The predicted octanol–water partition coefficient (Wildman–Crippen LogP) is 16.1. The van der Waals surface area contributed by atoms with E-state index < -0.39 is 0 Å². The minimum Gasteiger partial charge on any atom is -0.310 e. The third-order valence-electron chi connectivity index (χ3n) is 12.5. The summed E-state index contributed by atoms with van der Waals surface area (Å²) in [7, 11) is 0. The summed E-state index contributed by atoms with van der Waals surface area (Å²) in [6, 6.07) is 88.5. The Balaban J connectivity index is 1.02. The molecule has 12 rings (SSSR count). The van der Waals surface area contributed by atoms with Crippen LogP contribution in [0.3, 0.4) is 0 Å². The van der Waals surface area contributed by atoms with Gasteiger partial charge in [0.25, 0.3) is 0 Å². The molecule has 0 spiro atoms. The van der Waals surface area contributed by atoms with E-state index in [4.69, 9.17) is 0 Å². The summed E-state index contributed by atoms with van der Waals surface area (Å²) in [4.78, 5) is 2.42. The van der Waals surface area contributed by atoms with Gasteiger partial charge < -0.3 is 9.47 Å². The van der Waals surface area contributed by atoms with E-state index in [0.717, 1.165) is 17.1 Å². The second-order valence-electron chi connectivity index (χ2n) is 16.1. The Labute approximate surface area is 361 Å². The van der Waals surface area contributed by atoms with Crippen LogP contribution in [0.1, 0.15) is 22.3 Å². The summed E-state index contributed by atoms with van der Waals surface area (Å²) in [5.74, 6) is 0. The van der Waals surface area contributed by atoms with Crippen LogP contribution in [0.4, 0.5) is 17.1 Å². The van der Waals surface area contributed by atoms with Crippen molar-refractivity contribution in [2.75, 3.05) is 4.90 Å². The molecule has 0 N–H and O–H groups in total. The van der Waals surface area contributed by atoms with Gasteiger partial charge in [-0.1, -0.05) is 176 Å². The lowest BCUT2D eigenvalue weighted by molar-refractivity contribution is 1.18. The highest BCUT2D eigenvalue weighted by atomic mass is 15.1. The second kappa shape index (κ2) is 14.8. The molecule has 0 aliphatic heterocycles. The highest BCUT2D eigenvalue weighted by Gasteiger charge is 2.29. The van der Waals surface area contributed by atoms with Crippen molar-refractivity contribution in [2.45, 2.75) is 0 Å². The molecule has 1 aliphatic carbocycles.